The normalized spacial score (nSPS) is 11.2. The van der Waals surface area contributed by atoms with Crippen molar-refractivity contribution >= 4 is 21.6 Å². The van der Waals surface area contributed by atoms with E-state index >= 15 is 0 Å². The number of hydrogen-bond acceptors (Lipinski definition) is 3. The van der Waals surface area contributed by atoms with Crippen LogP contribution in [0.3, 0.4) is 0 Å². The van der Waals surface area contributed by atoms with Gasteiger partial charge >= 0.3 is 0 Å². The topological polar surface area (TPSA) is 43.8 Å². The minimum atomic E-state index is 0.525. The molecule has 0 aromatic carbocycles. The monoisotopic (exact) mass is 181 g/mol. The maximum Gasteiger partial charge on any atom is 0.0938 e. The lowest BCUT2D eigenvalue weighted by molar-refractivity contribution is 0.765. The first-order valence-electron chi connectivity index (χ1n) is 3.84. The smallest absolute Gasteiger partial charge is 0.0938 e. The highest BCUT2D eigenvalue weighted by Crippen LogP contribution is 2.27. The second-order valence-electron chi connectivity index (χ2n) is 2.85. The van der Waals surface area contributed by atoms with E-state index in [0.717, 1.165) is 5.69 Å². The lowest BCUT2D eigenvalue weighted by Gasteiger charge is -1.87. The van der Waals surface area contributed by atoms with Crippen LogP contribution in [-0.2, 0) is 13.6 Å². The molecule has 0 atom stereocenters. The molecule has 0 unspecified atom stereocenters. The van der Waals surface area contributed by atoms with Crippen LogP contribution in [0.2, 0.25) is 0 Å². The van der Waals surface area contributed by atoms with Crippen molar-refractivity contribution in [2.24, 2.45) is 12.8 Å². The Bertz CT molecular complexity index is 413. The van der Waals surface area contributed by atoms with E-state index in [4.69, 9.17) is 5.73 Å². The summed E-state index contributed by atoms with van der Waals surface area (Å²) in [4.78, 5) is 1.31. The molecule has 12 heavy (non-hydrogen) atoms. The molecule has 0 amide bonds. The van der Waals surface area contributed by atoms with Gasteiger partial charge in [0.05, 0.1) is 15.9 Å². The van der Waals surface area contributed by atoms with Gasteiger partial charge in [-0.1, -0.05) is 0 Å². The van der Waals surface area contributed by atoms with Gasteiger partial charge in [-0.2, -0.15) is 5.10 Å². The molecule has 0 aliphatic carbocycles. The molecule has 0 bridgehead atoms. The maximum atomic E-state index is 5.57. The predicted molar refractivity (Wildman–Crippen MR) is 51.2 cm³/mol. The van der Waals surface area contributed by atoms with E-state index in [9.17, 15) is 0 Å². The predicted octanol–water partition coefficient (Wildman–Crippen LogP) is 1.40. The van der Waals surface area contributed by atoms with Crippen LogP contribution < -0.4 is 5.73 Å². The first-order chi connectivity index (χ1) is 5.72. The lowest BCUT2D eigenvalue weighted by atomic mass is 10.4. The van der Waals surface area contributed by atoms with Crippen molar-refractivity contribution in [2.75, 3.05) is 0 Å². The highest BCUT2D eigenvalue weighted by atomic mass is 32.1. The van der Waals surface area contributed by atoms with Crippen molar-refractivity contribution in [3.8, 4) is 0 Å². The van der Waals surface area contributed by atoms with Gasteiger partial charge in [-0.25, -0.2) is 0 Å². The molecule has 0 fully saturated rings. The molecular weight excluding hydrogens is 170 g/mol. The van der Waals surface area contributed by atoms with E-state index in [1.807, 2.05) is 11.7 Å². The fourth-order valence-corrected chi connectivity index (χ4v) is 2.39. The van der Waals surface area contributed by atoms with Crippen LogP contribution in [0.4, 0.5) is 0 Å². The van der Waals surface area contributed by atoms with Crippen molar-refractivity contribution in [2.45, 2.75) is 13.5 Å². The molecule has 0 saturated heterocycles. The molecule has 0 aliphatic heterocycles. The van der Waals surface area contributed by atoms with E-state index in [2.05, 4.69) is 18.1 Å². The molecule has 64 valence electrons. The Hall–Kier alpha value is -0.870. The highest BCUT2D eigenvalue weighted by Gasteiger charge is 2.09. The van der Waals surface area contributed by atoms with Crippen LogP contribution in [0, 0.1) is 6.92 Å². The van der Waals surface area contributed by atoms with Crippen LogP contribution in [-0.4, -0.2) is 9.78 Å². The Balaban J connectivity index is 2.79. The van der Waals surface area contributed by atoms with E-state index < -0.39 is 0 Å². The molecule has 2 aromatic rings. The number of hydrogen-bond donors (Lipinski definition) is 1. The van der Waals surface area contributed by atoms with Gasteiger partial charge in [0.2, 0.25) is 0 Å². The summed E-state index contributed by atoms with van der Waals surface area (Å²) in [5.74, 6) is 0. The van der Waals surface area contributed by atoms with Gasteiger partial charge in [0, 0.05) is 18.5 Å². The standard InChI is InChI=1S/C8H11N3S/c1-5-3-7-8(12-5)6(4-9)10-11(7)2/h3H,4,9H2,1-2H3. The molecule has 0 spiro atoms. The Morgan fingerprint density at radius 1 is 1.67 bits per heavy atom. The molecule has 2 rings (SSSR count). The van der Waals surface area contributed by atoms with Crippen molar-refractivity contribution in [3.05, 3.63) is 16.6 Å². The summed E-state index contributed by atoms with van der Waals surface area (Å²) in [5, 5.41) is 4.31. The summed E-state index contributed by atoms with van der Waals surface area (Å²) in [6.07, 6.45) is 0. The number of rotatable bonds is 1. The average molecular weight is 181 g/mol. The zero-order chi connectivity index (χ0) is 8.72. The largest absolute Gasteiger partial charge is 0.325 e. The minimum absolute atomic E-state index is 0.525. The Morgan fingerprint density at radius 2 is 2.42 bits per heavy atom. The number of aromatic nitrogens is 2. The minimum Gasteiger partial charge on any atom is -0.325 e. The van der Waals surface area contributed by atoms with Gasteiger partial charge in [-0.05, 0) is 13.0 Å². The van der Waals surface area contributed by atoms with Gasteiger partial charge in [0.1, 0.15) is 0 Å². The molecule has 0 aliphatic rings. The lowest BCUT2D eigenvalue weighted by Crippen LogP contribution is -1.98. The summed E-state index contributed by atoms with van der Waals surface area (Å²) >= 11 is 1.76. The Labute approximate surface area is 74.8 Å². The number of thiophene rings is 1. The van der Waals surface area contributed by atoms with Crippen LogP contribution in [0.25, 0.3) is 10.2 Å². The molecule has 2 aromatic heterocycles. The van der Waals surface area contributed by atoms with E-state index in [0.29, 0.717) is 6.54 Å². The number of aryl methyl sites for hydroxylation is 2. The first-order valence-corrected chi connectivity index (χ1v) is 4.66. The molecule has 3 nitrogen and oxygen atoms in total. The summed E-state index contributed by atoms with van der Waals surface area (Å²) in [6.45, 7) is 2.63. The van der Waals surface area contributed by atoms with E-state index in [-0.39, 0.29) is 0 Å². The number of fused-ring (bicyclic) bond motifs is 1. The fraction of sp³-hybridized carbons (Fsp3) is 0.375. The second kappa shape index (κ2) is 2.57. The SMILES string of the molecule is Cc1cc2c(s1)c(CN)nn2C. The molecule has 2 N–H and O–H groups in total. The Kier molecular flexibility index (Phi) is 1.66. The van der Waals surface area contributed by atoms with Gasteiger partial charge in [0.15, 0.2) is 0 Å². The third kappa shape index (κ3) is 0.956. The third-order valence-corrected chi connectivity index (χ3v) is 3.00. The van der Waals surface area contributed by atoms with Crippen LogP contribution in [0.15, 0.2) is 6.07 Å². The quantitative estimate of drug-likeness (QED) is 0.722. The van der Waals surface area contributed by atoms with Gasteiger partial charge in [0.25, 0.3) is 0 Å². The van der Waals surface area contributed by atoms with Gasteiger partial charge in [-0.15, -0.1) is 11.3 Å². The third-order valence-electron chi connectivity index (χ3n) is 1.91. The summed E-state index contributed by atoms with van der Waals surface area (Å²) in [5.41, 5.74) is 7.77. The van der Waals surface area contributed by atoms with Crippen LogP contribution in [0.1, 0.15) is 10.6 Å². The maximum absolute atomic E-state index is 5.57. The summed E-state index contributed by atoms with van der Waals surface area (Å²) in [7, 11) is 1.95. The zero-order valence-electron chi connectivity index (χ0n) is 7.16. The van der Waals surface area contributed by atoms with Crippen LogP contribution >= 0.6 is 11.3 Å². The first kappa shape index (κ1) is 7.76. The molecule has 0 saturated carbocycles. The van der Waals surface area contributed by atoms with Crippen molar-refractivity contribution in [1.82, 2.24) is 9.78 Å². The van der Waals surface area contributed by atoms with Crippen molar-refractivity contribution in [3.63, 3.8) is 0 Å². The summed E-state index contributed by atoms with van der Waals surface area (Å²) < 4.78 is 3.12. The van der Waals surface area contributed by atoms with E-state index in [1.54, 1.807) is 11.3 Å². The average Bonchev–Trinajstić information content (AvgIpc) is 2.52. The van der Waals surface area contributed by atoms with E-state index in [1.165, 1.54) is 15.1 Å². The van der Waals surface area contributed by atoms with Crippen LogP contribution in [0.5, 0.6) is 0 Å². The number of nitrogens with zero attached hydrogens (tertiary/aromatic N) is 2. The number of nitrogens with two attached hydrogens (primary N) is 1. The van der Waals surface area contributed by atoms with Crippen molar-refractivity contribution < 1.29 is 0 Å². The van der Waals surface area contributed by atoms with Crippen molar-refractivity contribution in [1.29, 1.82) is 0 Å². The fourth-order valence-electron chi connectivity index (χ4n) is 1.36. The molecule has 4 heteroatoms. The highest BCUT2D eigenvalue weighted by molar-refractivity contribution is 7.19. The van der Waals surface area contributed by atoms with Gasteiger partial charge < -0.3 is 5.73 Å². The second-order valence-corrected chi connectivity index (χ2v) is 4.10. The molecule has 2 heterocycles. The zero-order valence-corrected chi connectivity index (χ0v) is 7.98. The molecular formula is C8H11N3S. The van der Waals surface area contributed by atoms with Gasteiger partial charge in [-0.3, -0.25) is 4.68 Å². The summed E-state index contributed by atoms with van der Waals surface area (Å²) in [6, 6.07) is 2.14. The Morgan fingerprint density at radius 3 is 3.08 bits per heavy atom. The molecule has 0 radical (unpaired) electrons.